The Hall–Kier alpha value is -0.260. The van der Waals surface area contributed by atoms with Gasteiger partial charge in [-0.3, -0.25) is 4.79 Å². The molecule has 1 aliphatic heterocycles. The van der Waals surface area contributed by atoms with Crippen molar-refractivity contribution in [3.8, 4) is 0 Å². The molecule has 5 heteroatoms. The topological polar surface area (TPSA) is 60.8 Å². The summed E-state index contributed by atoms with van der Waals surface area (Å²) in [5.41, 5.74) is 0. The fourth-order valence-corrected chi connectivity index (χ4v) is 4.48. The summed E-state index contributed by atoms with van der Waals surface area (Å²) in [4.78, 5) is 14.5. The van der Waals surface area contributed by atoms with E-state index in [1.807, 2.05) is 0 Å². The minimum atomic E-state index is -0.711. The van der Waals surface area contributed by atoms with Crippen molar-refractivity contribution < 1.29 is 15.0 Å². The Morgan fingerprint density at radius 1 is 1.35 bits per heavy atom. The highest BCUT2D eigenvalue weighted by Gasteiger charge is 2.39. The highest BCUT2D eigenvalue weighted by atomic mass is 32.2. The number of aliphatic hydroxyl groups excluding tert-OH is 2. The summed E-state index contributed by atoms with van der Waals surface area (Å²) in [6.07, 6.45) is 5.39. The Kier molecular flexibility index (Phi) is 6.18. The van der Waals surface area contributed by atoms with Gasteiger partial charge >= 0.3 is 0 Å². The van der Waals surface area contributed by atoms with Crippen LogP contribution in [0.1, 0.15) is 39.0 Å². The van der Waals surface area contributed by atoms with Crippen molar-refractivity contribution in [1.82, 2.24) is 4.90 Å². The van der Waals surface area contributed by atoms with Gasteiger partial charge in [-0.1, -0.05) is 19.8 Å². The van der Waals surface area contributed by atoms with Crippen LogP contribution in [-0.4, -0.2) is 57.8 Å². The van der Waals surface area contributed by atoms with E-state index >= 15 is 0 Å². The summed E-state index contributed by atoms with van der Waals surface area (Å²) in [6, 6.07) is 0.448. The van der Waals surface area contributed by atoms with Crippen molar-refractivity contribution in [2.45, 2.75) is 51.2 Å². The highest BCUT2D eigenvalue weighted by molar-refractivity contribution is 7.99. The predicted octanol–water partition coefficient (Wildman–Crippen LogP) is 1.50. The summed E-state index contributed by atoms with van der Waals surface area (Å²) in [5.74, 6) is 2.50. The summed E-state index contributed by atoms with van der Waals surface area (Å²) in [7, 11) is 0. The number of nitrogens with zero attached hydrogens (tertiary/aromatic N) is 1. The molecule has 2 aliphatic rings. The smallest absolute Gasteiger partial charge is 0.232 e. The predicted molar refractivity (Wildman–Crippen MR) is 81.7 cm³/mol. The number of aliphatic hydroxyl groups is 2. The summed E-state index contributed by atoms with van der Waals surface area (Å²) in [6.45, 7) is 2.99. The second kappa shape index (κ2) is 7.66. The molecule has 4 nitrogen and oxygen atoms in total. The number of fused-ring (bicyclic) bond motifs is 1. The standard InChI is InChI=1S/C15H27NO3S/c1-11-6-7-16(14-5-3-2-4-13(11)14)15(19)10-20-9-12(18)8-17/h11-14,17-18H,2-10H2,1H3/t11-,12-,13-,14-/m1/s1. The number of likely N-dealkylation sites (tertiary alicyclic amines) is 1. The van der Waals surface area contributed by atoms with Gasteiger partial charge in [0, 0.05) is 18.3 Å². The number of hydrogen-bond donors (Lipinski definition) is 2. The van der Waals surface area contributed by atoms with E-state index in [4.69, 9.17) is 5.11 Å². The zero-order valence-corrected chi connectivity index (χ0v) is 13.1. The molecule has 20 heavy (non-hydrogen) atoms. The maximum atomic E-state index is 12.4. The average molecular weight is 301 g/mol. The van der Waals surface area contributed by atoms with Gasteiger partial charge in [0.25, 0.3) is 0 Å². The van der Waals surface area contributed by atoms with E-state index in [1.54, 1.807) is 0 Å². The quantitative estimate of drug-likeness (QED) is 0.808. The number of amides is 1. The van der Waals surface area contributed by atoms with E-state index in [2.05, 4.69) is 11.8 Å². The van der Waals surface area contributed by atoms with Crippen LogP contribution in [0, 0.1) is 11.8 Å². The minimum Gasteiger partial charge on any atom is -0.394 e. The Morgan fingerprint density at radius 3 is 2.85 bits per heavy atom. The number of carbonyl (C=O) groups is 1. The van der Waals surface area contributed by atoms with Crippen LogP contribution in [0.4, 0.5) is 0 Å². The second-order valence-corrected chi connectivity index (χ2v) is 7.25. The van der Waals surface area contributed by atoms with Crippen molar-refractivity contribution in [3.63, 3.8) is 0 Å². The lowest BCUT2D eigenvalue weighted by molar-refractivity contribution is -0.136. The molecule has 0 aromatic carbocycles. The van der Waals surface area contributed by atoms with Crippen LogP contribution in [0.3, 0.4) is 0 Å². The lowest BCUT2D eigenvalue weighted by atomic mass is 9.72. The van der Waals surface area contributed by atoms with Gasteiger partial charge in [-0.2, -0.15) is 0 Å². The Morgan fingerprint density at radius 2 is 2.10 bits per heavy atom. The number of carbonyl (C=O) groups excluding carboxylic acids is 1. The van der Waals surface area contributed by atoms with Crippen molar-refractivity contribution in [2.24, 2.45) is 11.8 Å². The van der Waals surface area contributed by atoms with E-state index < -0.39 is 6.10 Å². The normalized spacial score (nSPS) is 31.8. The highest BCUT2D eigenvalue weighted by Crippen LogP contribution is 2.38. The molecule has 4 atom stereocenters. The molecule has 2 N–H and O–H groups in total. The van der Waals surface area contributed by atoms with Gasteiger partial charge in [0.2, 0.25) is 5.91 Å². The van der Waals surface area contributed by atoms with E-state index in [0.717, 1.165) is 25.3 Å². The van der Waals surface area contributed by atoms with Crippen LogP contribution in [0.5, 0.6) is 0 Å². The molecule has 1 aliphatic carbocycles. The largest absolute Gasteiger partial charge is 0.394 e. The molecule has 2 rings (SSSR count). The van der Waals surface area contributed by atoms with Gasteiger partial charge in [-0.15, -0.1) is 11.8 Å². The van der Waals surface area contributed by atoms with Gasteiger partial charge in [-0.05, 0) is 31.1 Å². The van der Waals surface area contributed by atoms with Crippen LogP contribution >= 0.6 is 11.8 Å². The van der Waals surface area contributed by atoms with Gasteiger partial charge in [0.05, 0.1) is 18.5 Å². The third-order valence-corrected chi connectivity index (χ3v) is 5.88. The third kappa shape index (κ3) is 3.89. The first-order valence-electron chi connectivity index (χ1n) is 7.79. The van der Waals surface area contributed by atoms with Crippen LogP contribution < -0.4 is 0 Å². The lowest BCUT2D eigenvalue weighted by Gasteiger charge is -2.47. The number of hydrogen-bond acceptors (Lipinski definition) is 4. The third-order valence-electron chi connectivity index (χ3n) is 4.81. The van der Waals surface area contributed by atoms with Gasteiger partial charge < -0.3 is 15.1 Å². The van der Waals surface area contributed by atoms with Crippen molar-refractivity contribution >= 4 is 17.7 Å². The molecule has 0 spiro atoms. The molecule has 1 heterocycles. The maximum absolute atomic E-state index is 12.4. The monoisotopic (exact) mass is 301 g/mol. The van der Waals surface area contributed by atoms with Crippen molar-refractivity contribution in [1.29, 1.82) is 0 Å². The molecule has 0 unspecified atom stereocenters. The second-order valence-electron chi connectivity index (χ2n) is 6.22. The zero-order valence-electron chi connectivity index (χ0n) is 12.3. The molecule has 0 aromatic heterocycles. The summed E-state index contributed by atoms with van der Waals surface area (Å²) in [5, 5.41) is 18.1. The molecule has 2 fully saturated rings. The molecule has 116 valence electrons. The molecule has 0 aromatic rings. The van der Waals surface area contributed by atoms with Crippen LogP contribution in [0.25, 0.3) is 0 Å². The molecule has 0 radical (unpaired) electrons. The summed E-state index contributed by atoms with van der Waals surface area (Å²) >= 11 is 1.43. The molecule has 0 bridgehead atoms. The van der Waals surface area contributed by atoms with E-state index in [9.17, 15) is 9.90 Å². The molecule has 1 amide bonds. The average Bonchev–Trinajstić information content (AvgIpc) is 2.47. The number of thioether (sulfide) groups is 1. The van der Waals surface area contributed by atoms with Crippen molar-refractivity contribution in [2.75, 3.05) is 24.7 Å². The Bertz CT molecular complexity index is 326. The molecular formula is C15H27NO3S. The first kappa shape index (κ1) is 16.1. The zero-order chi connectivity index (χ0) is 14.5. The molecule has 1 saturated carbocycles. The first-order valence-corrected chi connectivity index (χ1v) is 8.95. The molecular weight excluding hydrogens is 274 g/mol. The SMILES string of the molecule is C[C@@H]1CCN(C(=O)CSC[C@H](O)CO)[C@@H]2CCCC[C@H]12. The van der Waals surface area contributed by atoms with Crippen molar-refractivity contribution in [3.05, 3.63) is 0 Å². The van der Waals surface area contributed by atoms with Crippen LogP contribution in [0.2, 0.25) is 0 Å². The van der Waals surface area contributed by atoms with Crippen LogP contribution in [0.15, 0.2) is 0 Å². The lowest BCUT2D eigenvalue weighted by Crippen LogP contribution is -2.52. The van der Waals surface area contributed by atoms with E-state index in [1.165, 1.54) is 31.0 Å². The minimum absolute atomic E-state index is 0.212. The Labute approximate surface area is 125 Å². The fourth-order valence-electron chi connectivity index (χ4n) is 3.64. The maximum Gasteiger partial charge on any atom is 0.232 e. The first-order chi connectivity index (χ1) is 9.63. The molecule has 1 saturated heterocycles. The van der Waals surface area contributed by atoms with E-state index in [0.29, 0.717) is 23.5 Å². The van der Waals surface area contributed by atoms with E-state index in [-0.39, 0.29) is 12.5 Å². The van der Waals surface area contributed by atoms with Gasteiger partial charge in [0.1, 0.15) is 0 Å². The number of piperidine rings is 1. The van der Waals surface area contributed by atoms with Crippen LogP contribution in [-0.2, 0) is 4.79 Å². The fraction of sp³-hybridized carbons (Fsp3) is 0.933. The van der Waals surface area contributed by atoms with Gasteiger partial charge in [0.15, 0.2) is 0 Å². The number of rotatable bonds is 5. The van der Waals surface area contributed by atoms with Gasteiger partial charge in [-0.25, -0.2) is 0 Å². The Balaban J connectivity index is 1.85. The summed E-state index contributed by atoms with van der Waals surface area (Å²) < 4.78 is 0.